The highest BCUT2D eigenvalue weighted by Gasteiger charge is 2.31. The third-order valence-electron chi connectivity index (χ3n) is 3.78. The van der Waals surface area contributed by atoms with Gasteiger partial charge in [0.1, 0.15) is 23.4 Å². The van der Waals surface area contributed by atoms with E-state index in [1.165, 1.54) is 24.3 Å². The first kappa shape index (κ1) is 19.0. The van der Waals surface area contributed by atoms with Crippen LogP contribution in [0.2, 0.25) is 0 Å². The zero-order valence-electron chi connectivity index (χ0n) is 14.8. The average molecular weight is 380 g/mol. The van der Waals surface area contributed by atoms with Gasteiger partial charge < -0.3 is 19.2 Å². The van der Waals surface area contributed by atoms with Crippen LogP contribution in [0.4, 0.5) is 13.2 Å². The number of rotatable bonds is 7. The van der Waals surface area contributed by atoms with Crippen LogP contribution in [0.5, 0.6) is 11.5 Å². The van der Waals surface area contributed by atoms with E-state index in [2.05, 4.69) is 14.7 Å². The Labute approximate surface area is 154 Å². The van der Waals surface area contributed by atoms with E-state index in [1.54, 1.807) is 0 Å². The molecule has 0 aliphatic rings. The molecule has 0 radical (unpaired) electrons. The van der Waals surface area contributed by atoms with Crippen LogP contribution in [-0.4, -0.2) is 29.5 Å². The number of benzene rings is 2. The molecule has 1 aromatic heterocycles. The highest BCUT2D eigenvalue weighted by Crippen LogP contribution is 2.30. The van der Waals surface area contributed by atoms with E-state index in [-0.39, 0.29) is 5.75 Å². The number of aromatic nitrogens is 2. The van der Waals surface area contributed by atoms with Gasteiger partial charge in [-0.2, -0.15) is 0 Å². The Kier molecular flexibility index (Phi) is 5.55. The summed E-state index contributed by atoms with van der Waals surface area (Å²) in [6.45, 7) is 4.70. The van der Waals surface area contributed by atoms with Crippen LogP contribution in [0, 0.1) is 0 Å². The Morgan fingerprint density at radius 1 is 1.00 bits per heavy atom. The van der Waals surface area contributed by atoms with E-state index in [0.717, 1.165) is 11.0 Å². The zero-order valence-corrected chi connectivity index (χ0v) is 14.8. The maximum atomic E-state index is 12.3. The number of aromatic amines is 1. The number of hydrogen-bond acceptors (Lipinski definition) is 4. The first-order chi connectivity index (χ1) is 12.9. The lowest BCUT2D eigenvalue weighted by atomic mass is 10.1. The fourth-order valence-electron chi connectivity index (χ4n) is 2.73. The fourth-order valence-corrected chi connectivity index (χ4v) is 2.73. The van der Waals surface area contributed by atoms with E-state index >= 15 is 0 Å². The van der Waals surface area contributed by atoms with Crippen LogP contribution in [0.15, 0.2) is 42.5 Å². The lowest BCUT2D eigenvalue weighted by Crippen LogP contribution is -2.17. The number of hydrogen-bond donors (Lipinski definition) is 1. The highest BCUT2D eigenvalue weighted by atomic mass is 19.4. The zero-order chi connectivity index (χ0) is 19.4. The predicted molar refractivity (Wildman–Crippen MR) is 93.9 cm³/mol. The largest absolute Gasteiger partial charge is 0.573 e. The number of H-pyrrole nitrogens is 1. The summed E-state index contributed by atoms with van der Waals surface area (Å²) in [6, 6.07) is 11.1. The van der Waals surface area contributed by atoms with Crippen molar-refractivity contribution in [2.75, 3.05) is 13.2 Å². The number of alkyl halides is 3. The monoisotopic (exact) mass is 380 g/mol. The quantitative estimate of drug-likeness (QED) is 0.628. The van der Waals surface area contributed by atoms with Crippen LogP contribution in [0.3, 0.4) is 0 Å². The van der Waals surface area contributed by atoms with Crippen LogP contribution in [0.25, 0.3) is 11.0 Å². The van der Waals surface area contributed by atoms with Crippen molar-refractivity contribution in [3.63, 3.8) is 0 Å². The predicted octanol–water partition coefficient (Wildman–Crippen LogP) is 4.99. The van der Waals surface area contributed by atoms with E-state index < -0.39 is 12.5 Å². The summed E-state index contributed by atoms with van der Waals surface area (Å²) in [4.78, 5) is 7.76. The van der Waals surface area contributed by atoms with Crippen molar-refractivity contribution in [1.82, 2.24) is 9.97 Å². The molecule has 1 atom stereocenters. The minimum Gasteiger partial charge on any atom is -0.494 e. The van der Waals surface area contributed by atoms with Gasteiger partial charge in [-0.3, -0.25) is 0 Å². The lowest BCUT2D eigenvalue weighted by Gasteiger charge is -2.16. The number of fused-ring (bicyclic) bond motifs is 1. The molecule has 0 aliphatic carbocycles. The van der Waals surface area contributed by atoms with Gasteiger partial charge in [-0.15, -0.1) is 13.2 Å². The van der Waals surface area contributed by atoms with Gasteiger partial charge in [-0.25, -0.2) is 4.98 Å². The second-order valence-electron chi connectivity index (χ2n) is 5.69. The Morgan fingerprint density at radius 2 is 1.70 bits per heavy atom. The maximum Gasteiger partial charge on any atom is 0.573 e. The molecule has 1 N–H and O–H groups in total. The third kappa shape index (κ3) is 4.71. The molecule has 3 rings (SSSR count). The molecule has 0 spiro atoms. The van der Waals surface area contributed by atoms with Crippen LogP contribution >= 0.6 is 0 Å². The molecular formula is C19H19F3N2O3. The van der Waals surface area contributed by atoms with Crippen LogP contribution < -0.4 is 9.47 Å². The van der Waals surface area contributed by atoms with Crippen LogP contribution in [-0.2, 0) is 4.74 Å². The van der Waals surface area contributed by atoms with Crippen molar-refractivity contribution in [3.8, 4) is 11.5 Å². The van der Waals surface area contributed by atoms with Crippen molar-refractivity contribution < 1.29 is 27.4 Å². The second-order valence-corrected chi connectivity index (χ2v) is 5.69. The topological polar surface area (TPSA) is 56.4 Å². The Balaban J connectivity index is 1.89. The van der Waals surface area contributed by atoms with Crippen molar-refractivity contribution in [1.29, 1.82) is 0 Å². The number of ether oxygens (including phenoxy) is 3. The summed E-state index contributed by atoms with van der Waals surface area (Å²) in [5.41, 5.74) is 2.20. The van der Waals surface area contributed by atoms with Crippen molar-refractivity contribution in [2.24, 2.45) is 0 Å². The van der Waals surface area contributed by atoms with Gasteiger partial charge >= 0.3 is 6.36 Å². The molecule has 2 aromatic carbocycles. The SMILES string of the molecule is CCOc1ccc2[nH]c(C(OCC)c3ccc(OC(F)(F)F)cc3)nc2c1. The molecule has 0 amide bonds. The minimum absolute atomic E-state index is 0.285. The summed E-state index contributed by atoms with van der Waals surface area (Å²) < 4.78 is 52.1. The normalized spacial score (nSPS) is 12.9. The lowest BCUT2D eigenvalue weighted by molar-refractivity contribution is -0.274. The Hall–Kier alpha value is -2.74. The number of nitrogens with zero attached hydrogens (tertiary/aromatic N) is 1. The molecule has 5 nitrogen and oxygen atoms in total. The Morgan fingerprint density at radius 3 is 2.33 bits per heavy atom. The van der Waals surface area contributed by atoms with E-state index in [1.807, 2.05) is 32.0 Å². The molecule has 8 heteroatoms. The van der Waals surface area contributed by atoms with E-state index in [4.69, 9.17) is 9.47 Å². The van der Waals surface area contributed by atoms with Gasteiger partial charge in [0, 0.05) is 12.7 Å². The molecule has 27 heavy (non-hydrogen) atoms. The minimum atomic E-state index is -4.72. The molecule has 0 saturated heterocycles. The standard InChI is InChI=1S/C19H19F3N2O3/c1-3-25-14-9-10-15-16(11-14)24-18(23-15)17(26-4-2)12-5-7-13(8-6-12)27-19(20,21)22/h5-11,17H,3-4H2,1-2H3,(H,23,24). The number of nitrogens with one attached hydrogen (secondary N) is 1. The molecule has 1 heterocycles. The van der Waals surface area contributed by atoms with Gasteiger partial charge in [0.2, 0.25) is 0 Å². The smallest absolute Gasteiger partial charge is 0.494 e. The van der Waals surface area contributed by atoms with Crippen molar-refractivity contribution in [3.05, 3.63) is 53.9 Å². The second kappa shape index (κ2) is 7.87. The van der Waals surface area contributed by atoms with Crippen molar-refractivity contribution in [2.45, 2.75) is 26.3 Å². The molecule has 144 valence electrons. The Bertz CT molecular complexity index is 891. The average Bonchev–Trinajstić information content (AvgIpc) is 3.02. The van der Waals surface area contributed by atoms with Gasteiger partial charge in [-0.1, -0.05) is 12.1 Å². The highest BCUT2D eigenvalue weighted by molar-refractivity contribution is 5.77. The summed E-state index contributed by atoms with van der Waals surface area (Å²) in [5.74, 6) is 0.988. The summed E-state index contributed by atoms with van der Waals surface area (Å²) in [7, 11) is 0. The summed E-state index contributed by atoms with van der Waals surface area (Å²) in [6.07, 6.45) is -5.27. The third-order valence-corrected chi connectivity index (χ3v) is 3.78. The van der Waals surface area contributed by atoms with Gasteiger partial charge in [0.15, 0.2) is 0 Å². The van der Waals surface area contributed by atoms with E-state index in [9.17, 15) is 13.2 Å². The van der Waals surface area contributed by atoms with Crippen molar-refractivity contribution >= 4 is 11.0 Å². The van der Waals surface area contributed by atoms with E-state index in [0.29, 0.717) is 30.4 Å². The molecule has 0 aliphatic heterocycles. The molecule has 0 fully saturated rings. The van der Waals surface area contributed by atoms with Gasteiger partial charge in [0.05, 0.1) is 17.6 Å². The number of imidazole rings is 1. The first-order valence-electron chi connectivity index (χ1n) is 8.49. The molecule has 0 bridgehead atoms. The fraction of sp³-hybridized carbons (Fsp3) is 0.316. The molecule has 1 unspecified atom stereocenters. The summed E-state index contributed by atoms with van der Waals surface area (Å²) >= 11 is 0. The van der Waals surface area contributed by atoms with Gasteiger partial charge in [-0.05, 0) is 43.7 Å². The first-order valence-corrected chi connectivity index (χ1v) is 8.49. The molecular weight excluding hydrogens is 361 g/mol. The van der Waals surface area contributed by atoms with Gasteiger partial charge in [0.25, 0.3) is 0 Å². The summed E-state index contributed by atoms with van der Waals surface area (Å²) in [5, 5.41) is 0. The maximum absolute atomic E-state index is 12.3. The number of halogens is 3. The molecule has 3 aromatic rings. The molecule has 0 saturated carbocycles. The van der Waals surface area contributed by atoms with Crippen LogP contribution in [0.1, 0.15) is 31.3 Å².